The summed E-state index contributed by atoms with van der Waals surface area (Å²) >= 11 is 0. The van der Waals surface area contributed by atoms with E-state index in [1.54, 1.807) is 6.92 Å². The molecule has 0 radical (unpaired) electrons. The Hall–Kier alpha value is -1.37. The average molecular weight is 216 g/mol. The molecule has 0 aliphatic heterocycles. The molecule has 0 aliphatic carbocycles. The fraction of sp³-hybridized carbons (Fsp3) is 0.400. The molecule has 0 aliphatic rings. The Morgan fingerprint density at radius 3 is 2.06 bits per heavy atom. The highest BCUT2D eigenvalue weighted by molar-refractivity contribution is 6.00. The zero-order chi connectivity index (χ0) is 12.1. The summed E-state index contributed by atoms with van der Waals surface area (Å²) < 4.78 is 0. The molecule has 0 aromatic heterocycles. The second-order valence-electron chi connectivity index (χ2n) is 4.25. The van der Waals surface area contributed by atoms with Gasteiger partial charge in [-0.05, 0) is 49.5 Å². The Kier molecular flexibility index (Phi) is 4.48. The van der Waals surface area contributed by atoms with Gasteiger partial charge in [0.1, 0.15) is 0 Å². The van der Waals surface area contributed by atoms with E-state index >= 15 is 0 Å². The number of aryl methyl sites for hydroxylation is 1. The maximum atomic E-state index is 11.3. The van der Waals surface area contributed by atoms with Gasteiger partial charge < -0.3 is 0 Å². The minimum Gasteiger partial charge on any atom is -0.295 e. The Morgan fingerprint density at radius 1 is 1.06 bits per heavy atom. The van der Waals surface area contributed by atoms with Crippen LogP contribution < -0.4 is 0 Å². The Bertz CT molecular complexity index is 396. The van der Waals surface area contributed by atoms with Crippen LogP contribution in [0.5, 0.6) is 0 Å². The predicted octanol–water partition coefficient (Wildman–Crippen LogP) is 4.02. The molecule has 16 heavy (non-hydrogen) atoms. The Morgan fingerprint density at radius 2 is 1.62 bits per heavy atom. The largest absolute Gasteiger partial charge is 0.295 e. The van der Waals surface area contributed by atoms with Crippen molar-refractivity contribution in [2.45, 2.75) is 40.5 Å². The van der Waals surface area contributed by atoms with Gasteiger partial charge in [-0.15, -0.1) is 0 Å². The second-order valence-corrected chi connectivity index (χ2v) is 4.25. The van der Waals surface area contributed by atoms with E-state index in [4.69, 9.17) is 0 Å². The van der Waals surface area contributed by atoms with Gasteiger partial charge in [-0.3, -0.25) is 4.79 Å². The number of ketones is 1. The Labute approximate surface area is 98.2 Å². The standard InChI is InChI=1S/C15H20O/c1-5-6-14-7-9-15(10-8-14)12(3)11(2)13(4)16/h7-10H,5-6H2,1-4H3/b12-11+. The molecule has 0 unspecified atom stereocenters. The van der Waals surface area contributed by atoms with Crippen LogP contribution >= 0.6 is 0 Å². The molecule has 1 heteroatoms. The van der Waals surface area contributed by atoms with Gasteiger partial charge in [0.25, 0.3) is 0 Å². The summed E-state index contributed by atoms with van der Waals surface area (Å²) in [5.74, 6) is 0.148. The molecular weight excluding hydrogens is 196 g/mol. The third kappa shape index (κ3) is 3.06. The average Bonchev–Trinajstić information content (AvgIpc) is 2.28. The SMILES string of the molecule is CCCc1ccc(/C(C)=C(\C)C(C)=O)cc1. The quantitative estimate of drug-likeness (QED) is 0.695. The van der Waals surface area contributed by atoms with Gasteiger partial charge in [0.2, 0.25) is 0 Å². The molecule has 0 atom stereocenters. The maximum absolute atomic E-state index is 11.3. The van der Waals surface area contributed by atoms with E-state index in [1.807, 2.05) is 13.8 Å². The van der Waals surface area contributed by atoms with Crippen molar-refractivity contribution in [1.29, 1.82) is 0 Å². The molecule has 0 heterocycles. The van der Waals surface area contributed by atoms with Crippen molar-refractivity contribution < 1.29 is 4.79 Å². The van der Waals surface area contributed by atoms with Crippen molar-refractivity contribution in [1.82, 2.24) is 0 Å². The summed E-state index contributed by atoms with van der Waals surface area (Å²) in [6.07, 6.45) is 2.29. The van der Waals surface area contributed by atoms with Crippen molar-refractivity contribution in [3.8, 4) is 0 Å². The number of carbonyl (C=O) groups is 1. The molecule has 0 spiro atoms. The molecule has 0 saturated carbocycles. The summed E-state index contributed by atoms with van der Waals surface area (Å²) in [6, 6.07) is 8.50. The van der Waals surface area contributed by atoms with E-state index in [9.17, 15) is 4.79 Å². The molecule has 0 saturated heterocycles. The highest BCUT2D eigenvalue weighted by atomic mass is 16.1. The van der Waals surface area contributed by atoms with Gasteiger partial charge >= 0.3 is 0 Å². The summed E-state index contributed by atoms with van der Waals surface area (Å²) in [7, 11) is 0. The third-order valence-electron chi connectivity index (χ3n) is 3.02. The van der Waals surface area contributed by atoms with Crippen LogP contribution in [0.1, 0.15) is 45.2 Å². The van der Waals surface area contributed by atoms with Crippen LogP contribution in [0.3, 0.4) is 0 Å². The monoisotopic (exact) mass is 216 g/mol. The normalized spacial score (nSPS) is 12.2. The van der Waals surface area contributed by atoms with Gasteiger partial charge in [-0.1, -0.05) is 37.6 Å². The van der Waals surface area contributed by atoms with Gasteiger partial charge in [-0.25, -0.2) is 0 Å². The van der Waals surface area contributed by atoms with Gasteiger partial charge in [0, 0.05) is 0 Å². The smallest absolute Gasteiger partial charge is 0.155 e. The van der Waals surface area contributed by atoms with E-state index in [0.29, 0.717) is 0 Å². The molecule has 0 N–H and O–H groups in total. The lowest BCUT2D eigenvalue weighted by molar-refractivity contribution is -0.113. The van der Waals surface area contributed by atoms with Crippen LogP contribution in [0.4, 0.5) is 0 Å². The van der Waals surface area contributed by atoms with Crippen LogP contribution in [0.2, 0.25) is 0 Å². The molecule has 1 aromatic rings. The number of allylic oxidation sites excluding steroid dienone is 2. The summed E-state index contributed by atoms with van der Waals surface area (Å²) in [4.78, 5) is 11.3. The van der Waals surface area contributed by atoms with E-state index in [-0.39, 0.29) is 5.78 Å². The van der Waals surface area contributed by atoms with E-state index in [0.717, 1.165) is 23.1 Å². The van der Waals surface area contributed by atoms with E-state index in [2.05, 4.69) is 31.2 Å². The fourth-order valence-electron chi connectivity index (χ4n) is 1.69. The zero-order valence-corrected chi connectivity index (χ0v) is 10.6. The lowest BCUT2D eigenvalue weighted by Gasteiger charge is -2.06. The highest BCUT2D eigenvalue weighted by Crippen LogP contribution is 2.19. The number of benzene rings is 1. The lowest BCUT2D eigenvalue weighted by Crippen LogP contribution is -1.95. The fourth-order valence-corrected chi connectivity index (χ4v) is 1.69. The van der Waals surface area contributed by atoms with Gasteiger partial charge in [-0.2, -0.15) is 0 Å². The maximum Gasteiger partial charge on any atom is 0.155 e. The van der Waals surface area contributed by atoms with Crippen LogP contribution in [-0.4, -0.2) is 5.78 Å². The first-order valence-electron chi connectivity index (χ1n) is 5.84. The first-order valence-corrected chi connectivity index (χ1v) is 5.84. The number of Topliss-reactive ketones (excluding diaryl/α,β-unsaturated/α-hetero) is 1. The molecule has 0 amide bonds. The van der Waals surface area contributed by atoms with Gasteiger partial charge in [0.05, 0.1) is 0 Å². The summed E-state index contributed by atoms with van der Waals surface area (Å²) in [5.41, 5.74) is 4.44. The summed E-state index contributed by atoms with van der Waals surface area (Å²) in [5, 5.41) is 0. The second kappa shape index (κ2) is 5.64. The van der Waals surface area contributed by atoms with E-state index in [1.165, 1.54) is 12.0 Å². The van der Waals surface area contributed by atoms with Crippen molar-refractivity contribution in [3.05, 3.63) is 41.0 Å². The first kappa shape index (κ1) is 12.7. The highest BCUT2D eigenvalue weighted by Gasteiger charge is 2.04. The molecule has 1 nitrogen and oxygen atoms in total. The minimum atomic E-state index is 0.148. The van der Waals surface area contributed by atoms with Crippen LogP contribution in [0, 0.1) is 0 Å². The van der Waals surface area contributed by atoms with Crippen molar-refractivity contribution in [2.75, 3.05) is 0 Å². The molecule has 1 rings (SSSR count). The van der Waals surface area contributed by atoms with Crippen LogP contribution in [0.15, 0.2) is 29.8 Å². The summed E-state index contributed by atoms with van der Waals surface area (Å²) in [6.45, 7) is 7.69. The van der Waals surface area contributed by atoms with Crippen molar-refractivity contribution in [2.24, 2.45) is 0 Å². The van der Waals surface area contributed by atoms with Crippen LogP contribution in [-0.2, 0) is 11.2 Å². The van der Waals surface area contributed by atoms with Crippen LogP contribution in [0.25, 0.3) is 5.57 Å². The van der Waals surface area contributed by atoms with E-state index < -0.39 is 0 Å². The number of carbonyl (C=O) groups excluding carboxylic acids is 1. The predicted molar refractivity (Wildman–Crippen MR) is 69.4 cm³/mol. The molecule has 1 aromatic carbocycles. The number of hydrogen-bond acceptors (Lipinski definition) is 1. The zero-order valence-electron chi connectivity index (χ0n) is 10.6. The topological polar surface area (TPSA) is 17.1 Å². The van der Waals surface area contributed by atoms with Gasteiger partial charge in [0.15, 0.2) is 5.78 Å². The lowest BCUT2D eigenvalue weighted by atomic mass is 9.98. The Balaban J connectivity index is 2.98. The molecule has 0 bridgehead atoms. The minimum absolute atomic E-state index is 0.148. The molecule has 0 fully saturated rings. The third-order valence-corrected chi connectivity index (χ3v) is 3.02. The van der Waals surface area contributed by atoms with Crippen molar-refractivity contribution in [3.63, 3.8) is 0 Å². The first-order chi connectivity index (χ1) is 7.56. The number of rotatable bonds is 4. The molecular formula is C15H20O. The number of hydrogen-bond donors (Lipinski definition) is 0. The molecule has 86 valence electrons. The van der Waals surface area contributed by atoms with Crippen molar-refractivity contribution >= 4 is 11.4 Å².